The Kier molecular flexibility index (Phi) is 5.34. The molecule has 0 amide bonds. The van der Waals surface area contributed by atoms with Gasteiger partial charge in [-0.3, -0.25) is 0 Å². The molecule has 3 heteroatoms. The van der Waals surface area contributed by atoms with Crippen molar-refractivity contribution in [1.82, 2.24) is 5.32 Å². The summed E-state index contributed by atoms with van der Waals surface area (Å²) in [6, 6.07) is 6.89. The fourth-order valence-electron chi connectivity index (χ4n) is 3.28. The van der Waals surface area contributed by atoms with Crippen LogP contribution < -0.4 is 5.32 Å². The average molecular weight is 265 g/mol. The van der Waals surface area contributed by atoms with Gasteiger partial charge in [-0.15, -0.1) is 0 Å². The van der Waals surface area contributed by atoms with E-state index in [-0.39, 0.29) is 18.0 Å². The van der Waals surface area contributed by atoms with Gasteiger partial charge >= 0.3 is 0 Å². The predicted octanol–water partition coefficient (Wildman–Crippen LogP) is 3.68. The number of hydrogen-bond donors (Lipinski definition) is 1. The van der Waals surface area contributed by atoms with Crippen LogP contribution in [0, 0.1) is 11.7 Å². The van der Waals surface area contributed by atoms with Crippen LogP contribution in [0.1, 0.15) is 43.7 Å². The highest BCUT2D eigenvalue weighted by atomic mass is 19.1. The van der Waals surface area contributed by atoms with E-state index in [9.17, 15) is 4.39 Å². The van der Waals surface area contributed by atoms with Crippen LogP contribution in [-0.4, -0.2) is 20.3 Å². The molecule has 1 aliphatic rings. The highest BCUT2D eigenvalue weighted by Crippen LogP contribution is 2.34. The predicted molar refractivity (Wildman–Crippen MR) is 75.6 cm³/mol. The number of methoxy groups -OCH3 is 1. The standard InChI is InChI=1S/C16H24FNO/c1-18-15(13-9-6-10-14(17)11-13)16(19-2)12-7-4-3-5-8-12/h6,9-12,15-16,18H,3-5,7-8H2,1-2H3. The highest BCUT2D eigenvalue weighted by Gasteiger charge is 2.30. The molecule has 0 saturated heterocycles. The second-order valence-electron chi connectivity index (χ2n) is 5.42. The lowest BCUT2D eigenvalue weighted by atomic mass is 9.81. The van der Waals surface area contributed by atoms with Crippen LogP contribution in [0.25, 0.3) is 0 Å². The second kappa shape index (κ2) is 7.01. The molecular weight excluding hydrogens is 241 g/mol. The minimum Gasteiger partial charge on any atom is -0.379 e. The molecule has 1 aromatic carbocycles. The maximum Gasteiger partial charge on any atom is 0.123 e. The maximum atomic E-state index is 13.4. The average Bonchev–Trinajstić information content (AvgIpc) is 2.45. The first kappa shape index (κ1) is 14.5. The van der Waals surface area contributed by atoms with Gasteiger partial charge in [-0.05, 0) is 43.5 Å². The van der Waals surface area contributed by atoms with E-state index in [1.54, 1.807) is 19.2 Å². The normalized spacial score (nSPS) is 20.2. The Morgan fingerprint density at radius 1 is 1.26 bits per heavy atom. The minimum atomic E-state index is -0.184. The fraction of sp³-hybridized carbons (Fsp3) is 0.625. The molecule has 0 radical (unpaired) electrons. The van der Waals surface area contributed by atoms with E-state index in [0.29, 0.717) is 5.92 Å². The number of benzene rings is 1. The lowest BCUT2D eigenvalue weighted by molar-refractivity contribution is 0.00935. The van der Waals surface area contributed by atoms with Gasteiger partial charge in [0.15, 0.2) is 0 Å². The Labute approximate surface area is 115 Å². The lowest BCUT2D eigenvalue weighted by Crippen LogP contribution is -2.37. The van der Waals surface area contributed by atoms with E-state index in [1.807, 2.05) is 13.1 Å². The summed E-state index contributed by atoms with van der Waals surface area (Å²) >= 11 is 0. The molecule has 1 saturated carbocycles. The zero-order valence-electron chi connectivity index (χ0n) is 11.9. The van der Waals surface area contributed by atoms with Gasteiger partial charge in [0, 0.05) is 7.11 Å². The number of ether oxygens (including phenoxy) is 1. The summed E-state index contributed by atoms with van der Waals surface area (Å²) in [6.45, 7) is 0. The Balaban J connectivity index is 2.17. The summed E-state index contributed by atoms with van der Waals surface area (Å²) in [7, 11) is 3.69. The Bertz CT molecular complexity index is 390. The van der Waals surface area contributed by atoms with Crippen molar-refractivity contribution in [2.75, 3.05) is 14.2 Å². The lowest BCUT2D eigenvalue weighted by Gasteiger charge is -2.35. The van der Waals surface area contributed by atoms with Crippen molar-refractivity contribution in [1.29, 1.82) is 0 Å². The van der Waals surface area contributed by atoms with E-state index >= 15 is 0 Å². The molecule has 2 atom stereocenters. The van der Waals surface area contributed by atoms with E-state index in [4.69, 9.17) is 4.74 Å². The molecule has 0 spiro atoms. The van der Waals surface area contributed by atoms with E-state index < -0.39 is 0 Å². The van der Waals surface area contributed by atoms with E-state index in [0.717, 1.165) is 5.56 Å². The molecule has 1 N–H and O–H groups in total. The number of nitrogens with one attached hydrogen (secondary N) is 1. The minimum absolute atomic E-state index is 0.0591. The molecule has 1 aromatic rings. The quantitative estimate of drug-likeness (QED) is 0.877. The van der Waals surface area contributed by atoms with Crippen LogP contribution in [0.2, 0.25) is 0 Å². The smallest absolute Gasteiger partial charge is 0.123 e. The van der Waals surface area contributed by atoms with Crippen molar-refractivity contribution in [3.05, 3.63) is 35.6 Å². The molecule has 106 valence electrons. The summed E-state index contributed by atoms with van der Waals surface area (Å²) < 4.78 is 19.2. The molecule has 2 unspecified atom stereocenters. The number of hydrogen-bond acceptors (Lipinski definition) is 2. The van der Waals surface area contributed by atoms with Crippen molar-refractivity contribution in [2.45, 2.75) is 44.2 Å². The SMILES string of the molecule is CNC(c1cccc(F)c1)C(OC)C1CCCCC1. The van der Waals surface area contributed by atoms with Gasteiger partial charge < -0.3 is 10.1 Å². The van der Waals surface area contributed by atoms with Gasteiger partial charge in [-0.25, -0.2) is 4.39 Å². The number of halogens is 1. The fourth-order valence-corrected chi connectivity index (χ4v) is 3.28. The van der Waals surface area contributed by atoms with Crippen LogP contribution in [0.15, 0.2) is 24.3 Å². The summed E-state index contributed by atoms with van der Waals surface area (Å²) in [5.41, 5.74) is 0.972. The van der Waals surface area contributed by atoms with Crippen molar-refractivity contribution >= 4 is 0 Å². The zero-order valence-corrected chi connectivity index (χ0v) is 11.9. The Hall–Kier alpha value is -0.930. The van der Waals surface area contributed by atoms with Crippen LogP contribution in [0.3, 0.4) is 0 Å². The van der Waals surface area contributed by atoms with Crippen molar-refractivity contribution in [2.24, 2.45) is 5.92 Å². The largest absolute Gasteiger partial charge is 0.379 e. The van der Waals surface area contributed by atoms with Crippen LogP contribution >= 0.6 is 0 Å². The molecule has 2 rings (SSSR count). The third kappa shape index (κ3) is 3.54. The summed E-state index contributed by atoms with van der Waals surface area (Å²) in [5, 5.41) is 3.30. The first-order valence-electron chi connectivity index (χ1n) is 7.21. The first-order chi connectivity index (χ1) is 9.26. The van der Waals surface area contributed by atoms with Crippen LogP contribution in [0.5, 0.6) is 0 Å². The molecule has 0 bridgehead atoms. The topological polar surface area (TPSA) is 21.3 Å². The van der Waals surface area contributed by atoms with Crippen LogP contribution in [0.4, 0.5) is 4.39 Å². The van der Waals surface area contributed by atoms with Gasteiger partial charge in [0.25, 0.3) is 0 Å². The van der Waals surface area contributed by atoms with Gasteiger partial charge in [0.2, 0.25) is 0 Å². The molecule has 1 aliphatic carbocycles. The van der Waals surface area contributed by atoms with Gasteiger partial charge in [0.05, 0.1) is 12.1 Å². The molecule has 1 fully saturated rings. The zero-order chi connectivity index (χ0) is 13.7. The molecule has 0 aromatic heterocycles. The monoisotopic (exact) mass is 265 g/mol. The summed E-state index contributed by atoms with van der Waals surface area (Å²) in [6.07, 6.45) is 6.44. The van der Waals surface area contributed by atoms with Gasteiger partial charge in [-0.2, -0.15) is 0 Å². The Morgan fingerprint density at radius 3 is 2.58 bits per heavy atom. The van der Waals surface area contributed by atoms with E-state index in [1.165, 1.54) is 38.2 Å². The van der Waals surface area contributed by atoms with Crippen molar-refractivity contribution in [3.63, 3.8) is 0 Å². The first-order valence-corrected chi connectivity index (χ1v) is 7.21. The summed E-state index contributed by atoms with van der Waals surface area (Å²) in [4.78, 5) is 0. The molecule has 2 nitrogen and oxygen atoms in total. The molecular formula is C16H24FNO. The van der Waals surface area contributed by atoms with Crippen LogP contribution in [-0.2, 0) is 4.74 Å². The Morgan fingerprint density at radius 2 is 2.00 bits per heavy atom. The third-order valence-corrected chi connectivity index (χ3v) is 4.23. The molecule has 19 heavy (non-hydrogen) atoms. The second-order valence-corrected chi connectivity index (χ2v) is 5.42. The van der Waals surface area contributed by atoms with Crippen molar-refractivity contribution < 1.29 is 9.13 Å². The number of rotatable bonds is 5. The van der Waals surface area contributed by atoms with Gasteiger partial charge in [-0.1, -0.05) is 31.4 Å². The van der Waals surface area contributed by atoms with E-state index in [2.05, 4.69) is 5.32 Å². The van der Waals surface area contributed by atoms with Crippen molar-refractivity contribution in [3.8, 4) is 0 Å². The molecule has 0 aliphatic heterocycles. The third-order valence-electron chi connectivity index (χ3n) is 4.23. The number of likely N-dealkylation sites (N-methyl/N-ethyl adjacent to an activating group) is 1. The highest BCUT2D eigenvalue weighted by molar-refractivity contribution is 5.21. The summed E-state index contributed by atoms with van der Waals surface area (Å²) in [5.74, 6) is 0.385. The molecule has 0 heterocycles. The maximum absolute atomic E-state index is 13.4. The van der Waals surface area contributed by atoms with Gasteiger partial charge in [0.1, 0.15) is 5.82 Å².